The molecule has 0 unspecified atom stereocenters. The van der Waals surface area contributed by atoms with Gasteiger partial charge < -0.3 is 10.2 Å². The molecule has 1 aliphatic heterocycles. The number of nitrogens with zero attached hydrogens (tertiary/aromatic N) is 1. The predicted octanol–water partition coefficient (Wildman–Crippen LogP) is -0.725. The number of aliphatic hydroxyl groups excluding tert-OH is 2. The summed E-state index contributed by atoms with van der Waals surface area (Å²) in [7, 11) is 0. The van der Waals surface area contributed by atoms with Gasteiger partial charge in [0.25, 0.3) is 5.91 Å². The van der Waals surface area contributed by atoms with Crippen molar-refractivity contribution in [2.24, 2.45) is 0 Å². The molecule has 2 atom stereocenters. The summed E-state index contributed by atoms with van der Waals surface area (Å²) in [4.78, 5) is 11.3. The maximum absolute atomic E-state index is 11.3. The molecule has 90 valence electrons. The van der Waals surface area contributed by atoms with E-state index in [0.29, 0.717) is 0 Å². The first kappa shape index (κ1) is 11.8. The number of aliphatic hydroxyl groups is 2. The van der Waals surface area contributed by atoms with Gasteiger partial charge >= 0.3 is 0 Å². The average Bonchev–Trinajstić information content (AvgIpc) is 2.70. The Kier molecular flexibility index (Phi) is 3.51. The molecule has 1 heterocycles. The van der Waals surface area contributed by atoms with Gasteiger partial charge in [-0.15, -0.1) is 10.1 Å². The van der Waals surface area contributed by atoms with Gasteiger partial charge in [-0.2, -0.15) is 0 Å². The van der Waals surface area contributed by atoms with E-state index in [-0.39, 0.29) is 18.9 Å². The van der Waals surface area contributed by atoms with Crippen molar-refractivity contribution in [3.63, 3.8) is 0 Å². The first-order chi connectivity index (χ1) is 8.20. The molecule has 0 aromatic heterocycles. The van der Waals surface area contributed by atoms with Gasteiger partial charge in [0.2, 0.25) is 12.3 Å². The Morgan fingerprint density at radius 3 is 2.82 bits per heavy atom. The fourth-order valence-electron chi connectivity index (χ4n) is 1.83. The third kappa shape index (κ3) is 2.69. The van der Waals surface area contributed by atoms with Crippen LogP contribution in [0.3, 0.4) is 0 Å². The Hall–Kier alpha value is -1.72. The van der Waals surface area contributed by atoms with E-state index in [9.17, 15) is 9.90 Å². The second-order valence-electron chi connectivity index (χ2n) is 4.00. The van der Waals surface area contributed by atoms with Crippen molar-refractivity contribution < 1.29 is 19.7 Å². The van der Waals surface area contributed by atoms with E-state index in [1.165, 1.54) is 0 Å². The number of rotatable bonds is 3. The molecule has 0 bridgehead atoms. The van der Waals surface area contributed by atoms with E-state index in [4.69, 9.17) is 5.11 Å². The fourth-order valence-corrected chi connectivity index (χ4v) is 1.83. The SMILES string of the molecule is O=C1C[C@H]([C@H](O)CO)/[N+](=C/c2ccccc2)N1. The van der Waals surface area contributed by atoms with Crippen molar-refractivity contribution >= 4 is 12.1 Å². The van der Waals surface area contributed by atoms with Crippen LogP contribution in [0.5, 0.6) is 0 Å². The first-order valence-corrected chi connectivity index (χ1v) is 5.47. The minimum Gasteiger partial charge on any atom is -0.393 e. The predicted molar refractivity (Wildman–Crippen MR) is 61.5 cm³/mol. The average molecular weight is 235 g/mol. The van der Waals surface area contributed by atoms with Crippen LogP contribution in [0.15, 0.2) is 30.3 Å². The van der Waals surface area contributed by atoms with Gasteiger partial charge in [0, 0.05) is 5.56 Å². The van der Waals surface area contributed by atoms with Crippen LogP contribution >= 0.6 is 0 Å². The standard InChI is InChI=1S/C12H14N2O3/c15-8-11(16)10-6-12(17)13-14(10)7-9-4-2-1-3-5-9/h1-5,7,10-11,15-16H,6,8H2/p+1/b14-7-/t10-,11-/m1/s1. The quantitative estimate of drug-likeness (QED) is 0.605. The van der Waals surface area contributed by atoms with Crippen LogP contribution in [0.25, 0.3) is 0 Å². The molecule has 0 aliphatic carbocycles. The zero-order chi connectivity index (χ0) is 12.3. The molecular formula is C12H15N2O3+. The lowest BCUT2D eigenvalue weighted by molar-refractivity contribution is -0.598. The number of carbonyl (C=O) groups excluding carboxylic acids is 1. The molecule has 5 heteroatoms. The van der Waals surface area contributed by atoms with E-state index < -0.39 is 12.1 Å². The van der Waals surface area contributed by atoms with E-state index in [1.54, 1.807) is 10.9 Å². The molecule has 1 aromatic rings. The van der Waals surface area contributed by atoms with Crippen LogP contribution in [-0.2, 0) is 4.79 Å². The lowest BCUT2D eigenvalue weighted by Crippen LogP contribution is -2.39. The Labute approximate surface area is 99.0 Å². The Morgan fingerprint density at radius 2 is 2.18 bits per heavy atom. The van der Waals surface area contributed by atoms with Crippen LogP contribution in [0, 0.1) is 0 Å². The highest BCUT2D eigenvalue weighted by molar-refractivity contribution is 5.80. The lowest BCUT2D eigenvalue weighted by atomic mass is 10.1. The molecule has 17 heavy (non-hydrogen) atoms. The fraction of sp³-hybridized carbons (Fsp3) is 0.333. The number of hydrazine groups is 1. The molecule has 1 amide bonds. The van der Waals surface area contributed by atoms with Crippen molar-refractivity contribution in [2.75, 3.05) is 6.61 Å². The number of hydrazone groups is 1. The zero-order valence-electron chi connectivity index (χ0n) is 9.28. The highest BCUT2D eigenvalue weighted by Crippen LogP contribution is 2.10. The second kappa shape index (κ2) is 5.07. The first-order valence-electron chi connectivity index (χ1n) is 5.47. The summed E-state index contributed by atoms with van der Waals surface area (Å²) in [6.07, 6.45) is 0.994. The lowest BCUT2D eigenvalue weighted by Gasteiger charge is -2.09. The monoisotopic (exact) mass is 235 g/mol. The van der Waals surface area contributed by atoms with E-state index in [2.05, 4.69) is 5.43 Å². The highest BCUT2D eigenvalue weighted by atomic mass is 16.3. The number of hydrogen-bond donors (Lipinski definition) is 3. The van der Waals surface area contributed by atoms with E-state index in [1.807, 2.05) is 30.3 Å². The third-order valence-corrected chi connectivity index (χ3v) is 2.72. The summed E-state index contributed by atoms with van der Waals surface area (Å²) >= 11 is 0. The number of nitrogens with one attached hydrogen (secondary N) is 1. The van der Waals surface area contributed by atoms with Gasteiger partial charge in [0.15, 0.2) is 0 Å². The Balaban J connectivity index is 2.24. The van der Waals surface area contributed by atoms with Gasteiger partial charge in [-0.3, -0.25) is 4.79 Å². The van der Waals surface area contributed by atoms with E-state index >= 15 is 0 Å². The van der Waals surface area contributed by atoms with Crippen LogP contribution in [0.4, 0.5) is 0 Å². The van der Waals surface area contributed by atoms with Crippen LogP contribution < -0.4 is 5.43 Å². The summed E-state index contributed by atoms with van der Waals surface area (Å²) in [6, 6.07) is 9.05. The molecule has 2 rings (SSSR count). The smallest absolute Gasteiger partial charge is 0.281 e. The maximum Gasteiger partial charge on any atom is 0.281 e. The molecular weight excluding hydrogens is 220 g/mol. The van der Waals surface area contributed by atoms with Crippen molar-refractivity contribution in [1.82, 2.24) is 5.43 Å². The Bertz CT molecular complexity index is 431. The maximum atomic E-state index is 11.3. The third-order valence-electron chi connectivity index (χ3n) is 2.72. The molecule has 0 saturated carbocycles. The summed E-state index contributed by atoms with van der Waals surface area (Å²) in [6.45, 7) is -0.362. The number of benzene rings is 1. The molecule has 5 nitrogen and oxygen atoms in total. The van der Waals surface area contributed by atoms with Gasteiger partial charge in [-0.05, 0) is 12.1 Å². The second-order valence-corrected chi connectivity index (χ2v) is 4.00. The van der Waals surface area contributed by atoms with Crippen molar-refractivity contribution in [3.05, 3.63) is 35.9 Å². The molecule has 3 N–H and O–H groups in total. The molecule has 0 radical (unpaired) electrons. The van der Waals surface area contributed by atoms with Gasteiger partial charge in [0.1, 0.15) is 6.10 Å². The summed E-state index contributed by atoms with van der Waals surface area (Å²) in [5.41, 5.74) is 3.56. The summed E-state index contributed by atoms with van der Waals surface area (Å²) in [5.74, 6) is -0.158. The Morgan fingerprint density at radius 1 is 1.47 bits per heavy atom. The van der Waals surface area contributed by atoms with Crippen LogP contribution in [-0.4, -0.2) is 45.8 Å². The molecule has 1 aliphatic rings. The minimum absolute atomic E-state index is 0.158. The highest BCUT2D eigenvalue weighted by Gasteiger charge is 2.39. The van der Waals surface area contributed by atoms with E-state index in [0.717, 1.165) is 5.56 Å². The molecule has 1 fully saturated rings. The summed E-state index contributed by atoms with van der Waals surface area (Å²) < 4.78 is 1.55. The molecule has 1 saturated heterocycles. The van der Waals surface area contributed by atoms with Crippen molar-refractivity contribution in [1.29, 1.82) is 0 Å². The van der Waals surface area contributed by atoms with Crippen molar-refractivity contribution in [2.45, 2.75) is 18.6 Å². The minimum atomic E-state index is -0.936. The largest absolute Gasteiger partial charge is 0.393 e. The number of amides is 1. The number of hydrogen-bond acceptors (Lipinski definition) is 3. The van der Waals surface area contributed by atoms with Gasteiger partial charge in [-0.1, -0.05) is 18.2 Å². The van der Waals surface area contributed by atoms with Crippen LogP contribution in [0.1, 0.15) is 12.0 Å². The topological polar surface area (TPSA) is 72.6 Å². The molecule has 1 aromatic carbocycles. The molecule has 0 spiro atoms. The number of carbonyl (C=O) groups is 1. The van der Waals surface area contributed by atoms with Crippen molar-refractivity contribution in [3.8, 4) is 0 Å². The zero-order valence-corrected chi connectivity index (χ0v) is 9.28. The normalized spacial score (nSPS) is 23.8. The summed E-state index contributed by atoms with van der Waals surface area (Å²) in [5, 5.41) is 18.6. The van der Waals surface area contributed by atoms with Crippen LogP contribution in [0.2, 0.25) is 0 Å². The van der Waals surface area contributed by atoms with Gasteiger partial charge in [0.05, 0.1) is 13.0 Å². The van der Waals surface area contributed by atoms with Gasteiger partial charge in [-0.25, -0.2) is 0 Å².